The van der Waals surface area contributed by atoms with E-state index in [0.29, 0.717) is 16.5 Å². The highest BCUT2D eigenvalue weighted by Gasteiger charge is 2.41. The normalized spacial score (nSPS) is 12.0. The predicted molar refractivity (Wildman–Crippen MR) is 51.3 cm³/mol. The van der Waals surface area contributed by atoms with Crippen molar-refractivity contribution in [3.63, 3.8) is 0 Å². The maximum Gasteiger partial charge on any atom is 0.458 e. The molecule has 0 amide bonds. The van der Waals surface area contributed by atoms with Crippen molar-refractivity contribution in [1.82, 2.24) is 0 Å². The molecule has 0 N–H and O–H groups in total. The number of rotatable bonds is 1. The van der Waals surface area contributed by atoms with E-state index in [-0.39, 0.29) is 0 Å². The lowest BCUT2D eigenvalue weighted by Gasteiger charge is -2.00. The van der Waals surface area contributed by atoms with Crippen molar-refractivity contribution in [3.8, 4) is 0 Å². The Hall–Kier alpha value is -1.78. The Balaban J connectivity index is 2.56. The molecule has 1 aromatic carbocycles. The van der Waals surface area contributed by atoms with Crippen LogP contribution in [0.5, 0.6) is 0 Å². The Kier molecular flexibility index (Phi) is 2.26. The first-order chi connectivity index (χ1) is 7.39. The van der Waals surface area contributed by atoms with Crippen LogP contribution < -0.4 is 0 Å². The molecule has 0 aliphatic carbocycles. The van der Waals surface area contributed by atoms with Gasteiger partial charge in [-0.25, -0.2) is 0 Å². The molecule has 16 heavy (non-hydrogen) atoms. The molecular formula is C11H7F3O2. The highest BCUT2D eigenvalue weighted by atomic mass is 19.4. The van der Waals surface area contributed by atoms with E-state index in [1.54, 1.807) is 25.1 Å². The fourth-order valence-electron chi connectivity index (χ4n) is 1.46. The number of carbonyl (C=O) groups excluding carboxylic acids is 1. The van der Waals surface area contributed by atoms with E-state index in [1.807, 2.05) is 0 Å². The van der Waals surface area contributed by atoms with Crippen molar-refractivity contribution in [2.75, 3.05) is 0 Å². The minimum absolute atomic E-state index is 0.315. The second-order valence-electron chi connectivity index (χ2n) is 3.43. The molecule has 0 spiro atoms. The monoisotopic (exact) mass is 228 g/mol. The number of aryl methyl sites for hydroxylation is 1. The Labute approximate surface area is 88.7 Å². The molecule has 1 aromatic heterocycles. The first kappa shape index (κ1) is 10.7. The minimum Gasteiger partial charge on any atom is -0.452 e. The van der Waals surface area contributed by atoms with E-state index in [2.05, 4.69) is 0 Å². The van der Waals surface area contributed by atoms with Crippen molar-refractivity contribution in [2.24, 2.45) is 0 Å². The van der Waals surface area contributed by atoms with E-state index in [9.17, 15) is 18.0 Å². The van der Waals surface area contributed by atoms with Crippen molar-refractivity contribution >= 4 is 16.8 Å². The summed E-state index contributed by atoms with van der Waals surface area (Å²) in [6, 6.07) is 6.10. The quantitative estimate of drug-likeness (QED) is 0.699. The van der Waals surface area contributed by atoms with E-state index in [4.69, 9.17) is 4.42 Å². The smallest absolute Gasteiger partial charge is 0.452 e. The lowest BCUT2D eigenvalue weighted by Crippen LogP contribution is -2.21. The number of furan rings is 1. The fourth-order valence-corrected chi connectivity index (χ4v) is 1.46. The average molecular weight is 228 g/mol. The molecule has 2 nitrogen and oxygen atoms in total. The molecule has 0 fully saturated rings. The van der Waals surface area contributed by atoms with Crippen LogP contribution in [0.25, 0.3) is 11.0 Å². The average Bonchev–Trinajstić information content (AvgIpc) is 2.60. The summed E-state index contributed by atoms with van der Waals surface area (Å²) in [7, 11) is 0. The molecule has 0 unspecified atom stereocenters. The van der Waals surface area contributed by atoms with Gasteiger partial charge >= 0.3 is 12.0 Å². The summed E-state index contributed by atoms with van der Waals surface area (Å²) in [5, 5.41) is 0.493. The lowest BCUT2D eigenvalue weighted by atomic mass is 10.2. The van der Waals surface area contributed by atoms with Gasteiger partial charge in [-0.15, -0.1) is 0 Å². The van der Waals surface area contributed by atoms with Gasteiger partial charge in [0.05, 0.1) is 0 Å². The third kappa shape index (κ3) is 1.68. The molecule has 0 saturated heterocycles. The Morgan fingerprint density at radius 3 is 2.56 bits per heavy atom. The third-order valence-electron chi connectivity index (χ3n) is 2.22. The maximum atomic E-state index is 12.2. The van der Waals surface area contributed by atoms with Crippen LogP contribution in [0.3, 0.4) is 0 Å². The number of fused-ring (bicyclic) bond motifs is 1. The van der Waals surface area contributed by atoms with Gasteiger partial charge in [0.15, 0.2) is 5.76 Å². The van der Waals surface area contributed by atoms with Crippen LogP contribution in [-0.2, 0) is 0 Å². The number of para-hydroxylation sites is 1. The lowest BCUT2D eigenvalue weighted by molar-refractivity contribution is -0.0898. The number of alkyl halides is 3. The molecular weight excluding hydrogens is 221 g/mol. The second-order valence-corrected chi connectivity index (χ2v) is 3.43. The summed E-state index contributed by atoms with van der Waals surface area (Å²) < 4.78 is 41.4. The molecule has 5 heteroatoms. The van der Waals surface area contributed by atoms with Gasteiger partial charge in [0.1, 0.15) is 5.58 Å². The van der Waals surface area contributed by atoms with E-state index in [0.717, 1.165) is 6.07 Å². The molecule has 0 aliphatic rings. The van der Waals surface area contributed by atoms with Crippen molar-refractivity contribution in [2.45, 2.75) is 13.1 Å². The summed E-state index contributed by atoms with van der Waals surface area (Å²) in [5.74, 6) is -2.63. The van der Waals surface area contributed by atoms with Crippen LogP contribution in [0.4, 0.5) is 13.2 Å². The van der Waals surface area contributed by atoms with Crippen molar-refractivity contribution in [1.29, 1.82) is 0 Å². The number of carbonyl (C=O) groups is 1. The molecule has 0 atom stereocenters. The van der Waals surface area contributed by atoms with Gasteiger partial charge in [0.25, 0.3) is 0 Å². The summed E-state index contributed by atoms with van der Waals surface area (Å²) in [5.41, 5.74) is 1.01. The molecule has 2 aromatic rings. The largest absolute Gasteiger partial charge is 0.458 e. The van der Waals surface area contributed by atoms with Crippen molar-refractivity contribution in [3.05, 3.63) is 35.6 Å². The number of halogens is 3. The van der Waals surface area contributed by atoms with Crippen LogP contribution in [-0.4, -0.2) is 12.0 Å². The first-order valence-corrected chi connectivity index (χ1v) is 4.50. The first-order valence-electron chi connectivity index (χ1n) is 4.50. The van der Waals surface area contributed by atoms with E-state index in [1.165, 1.54) is 0 Å². The summed E-state index contributed by atoms with van der Waals surface area (Å²) in [6.07, 6.45) is -4.90. The zero-order chi connectivity index (χ0) is 11.9. The topological polar surface area (TPSA) is 30.2 Å². The predicted octanol–water partition coefficient (Wildman–Crippen LogP) is 3.49. The van der Waals surface area contributed by atoms with Gasteiger partial charge in [-0.05, 0) is 18.6 Å². The van der Waals surface area contributed by atoms with E-state index < -0.39 is 17.7 Å². The maximum absolute atomic E-state index is 12.2. The van der Waals surface area contributed by atoms with E-state index >= 15 is 0 Å². The highest BCUT2D eigenvalue weighted by molar-refractivity contribution is 6.01. The van der Waals surface area contributed by atoms with Crippen LogP contribution in [0.1, 0.15) is 16.1 Å². The van der Waals surface area contributed by atoms with Gasteiger partial charge in [-0.3, -0.25) is 4.79 Å². The van der Waals surface area contributed by atoms with Crippen LogP contribution in [0.15, 0.2) is 28.7 Å². The van der Waals surface area contributed by atoms with Gasteiger partial charge in [0.2, 0.25) is 0 Å². The van der Waals surface area contributed by atoms with Crippen LogP contribution in [0, 0.1) is 6.92 Å². The number of ketones is 1. The molecule has 0 radical (unpaired) electrons. The fraction of sp³-hybridized carbons (Fsp3) is 0.182. The zero-order valence-electron chi connectivity index (χ0n) is 8.26. The minimum atomic E-state index is -4.90. The summed E-state index contributed by atoms with van der Waals surface area (Å²) in [4.78, 5) is 10.9. The molecule has 1 heterocycles. The molecule has 0 saturated carbocycles. The molecule has 0 bridgehead atoms. The number of hydrogen-bond acceptors (Lipinski definition) is 2. The highest BCUT2D eigenvalue weighted by Crippen LogP contribution is 2.27. The molecule has 2 rings (SSSR count). The van der Waals surface area contributed by atoms with Crippen molar-refractivity contribution < 1.29 is 22.4 Å². The zero-order valence-corrected chi connectivity index (χ0v) is 8.26. The number of hydrogen-bond donors (Lipinski definition) is 0. The SMILES string of the molecule is Cc1cccc2cc(C(=O)C(F)(F)F)oc12. The van der Waals surface area contributed by atoms with Gasteiger partial charge in [-0.1, -0.05) is 18.2 Å². The number of benzene rings is 1. The molecule has 0 aliphatic heterocycles. The number of Topliss-reactive ketones (excluding diaryl/α,β-unsaturated/α-hetero) is 1. The van der Waals surface area contributed by atoms with Crippen LogP contribution in [0.2, 0.25) is 0 Å². The summed E-state index contributed by atoms with van der Waals surface area (Å²) >= 11 is 0. The standard InChI is InChI=1S/C11H7F3O2/c1-6-3-2-4-7-5-8(16-9(6)7)10(15)11(12,13)14/h2-5H,1H3. The second kappa shape index (κ2) is 3.37. The molecule has 84 valence electrons. The van der Waals surface area contributed by atoms with Crippen LogP contribution >= 0.6 is 0 Å². The van der Waals surface area contributed by atoms with Gasteiger partial charge in [-0.2, -0.15) is 13.2 Å². The Morgan fingerprint density at radius 2 is 2.00 bits per heavy atom. The Morgan fingerprint density at radius 1 is 1.31 bits per heavy atom. The summed E-state index contributed by atoms with van der Waals surface area (Å²) in [6.45, 7) is 1.70. The Bertz CT molecular complexity index is 552. The third-order valence-corrected chi connectivity index (χ3v) is 2.22. The van der Waals surface area contributed by atoms with Gasteiger partial charge < -0.3 is 4.42 Å². The van der Waals surface area contributed by atoms with Gasteiger partial charge in [0, 0.05) is 5.39 Å².